The van der Waals surface area contributed by atoms with Crippen molar-refractivity contribution in [3.8, 4) is 0 Å². The molecule has 0 bridgehead atoms. The van der Waals surface area contributed by atoms with Crippen LogP contribution in [0.2, 0.25) is 0 Å². The molecule has 4 heteroatoms. The van der Waals surface area contributed by atoms with Gasteiger partial charge in [0.05, 0.1) is 6.20 Å². The third kappa shape index (κ3) is 1.58. The van der Waals surface area contributed by atoms with Crippen LogP contribution < -0.4 is 5.32 Å². The third-order valence-electron chi connectivity index (χ3n) is 3.85. The summed E-state index contributed by atoms with van der Waals surface area (Å²) in [5.41, 5.74) is 2.67. The molecule has 0 saturated carbocycles. The van der Waals surface area contributed by atoms with Crippen molar-refractivity contribution in [3.05, 3.63) is 17.5 Å². The Bertz CT molecular complexity index is 349. The van der Waals surface area contributed by atoms with Crippen LogP contribution in [0.5, 0.6) is 0 Å². The summed E-state index contributed by atoms with van der Waals surface area (Å²) in [4.78, 5) is 0. The van der Waals surface area contributed by atoms with Gasteiger partial charge in [-0.25, -0.2) is 0 Å². The molecule has 2 aliphatic rings. The van der Waals surface area contributed by atoms with E-state index in [1.807, 2.05) is 6.20 Å². The summed E-state index contributed by atoms with van der Waals surface area (Å²) in [5, 5.41) is 19.9. The van der Waals surface area contributed by atoms with Crippen LogP contribution in [0.1, 0.15) is 17.7 Å². The van der Waals surface area contributed by atoms with Crippen molar-refractivity contribution >= 4 is 0 Å². The zero-order valence-corrected chi connectivity index (χ0v) is 8.74. The fourth-order valence-corrected chi connectivity index (χ4v) is 2.95. The van der Waals surface area contributed by atoms with Crippen molar-refractivity contribution in [3.63, 3.8) is 0 Å². The maximum atomic E-state index is 9.18. The van der Waals surface area contributed by atoms with Gasteiger partial charge in [-0.05, 0) is 36.7 Å². The number of hydrogen-bond donors (Lipinski definition) is 3. The van der Waals surface area contributed by atoms with E-state index in [4.69, 9.17) is 0 Å². The molecular weight excluding hydrogens is 190 g/mol. The van der Waals surface area contributed by atoms with E-state index in [0.717, 1.165) is 25.8 Å². The lowest BCUT2D eigenvalue weighted by atomic mass is 9.76. The summed E-state index contributed by atoms with van der Waals surface area (Å²) in [6.45, 7) is 1.27. The molecule has 1 unspecified atom stereocenters. The third-order valence-corrected chi connectivity index (χ3v) is 3.85. The Morgan fingerprint density at radius 3 is 3.27 bits per heavy atom. The standard InChI is InChI=1S/C11H17N3O/c15-6-7-1-8-2-11-9(5-13-14-11)3-10(8)12-4-7/h5,7-8,10,12,15H,1-4,6H2,(H,13,14)/t7-,8-,10?/m1/s1. The highest BCUT2D eigenvalue weighted by Crippen LogP contribution is 2.31. The van der Waals surface area contributed by atoms with Gasteiger partial charge in [-0.15, -0.1) is 0 Å². The van der Waals surface area contributed by atoms with Crippen LogP contribution in [-0.4, -0.2) is 34.5 Å². The summed E-state index contributed by atoms with van der Waals surface area (Å²) in [6, 6.07) is 0.595. The minimum absolute atomic E-state index is 0.312. The Balaban J connectivity index is 1.79. The molecule has 0 radical (unpaired) electrons. The predicted molar refractivity (Wildman–Crippen MR) is 56.5 cm³/mol. The number of nitrogens with zero attached hydrogens (tertiary/aromatic N) is 1. The summed E-state index contributed by atoms with van der Waals surface area (Å²) < 4.78 is 0. The first-order chi connectivity index (χ1) is 7.36. The van der Waals surface area contributed by atoms with Crippen molar-refractivity contribution in [1.82, 2.24) is 15.5 Å². The van der Waals surface area contributed by atoms with Gasteiger partial charge in [-0.1, -0.05) is 0 Å². The molecule has 1 fully saturated rings. The van der Waals surface area contributed by atoms with Gasteiger partial charge in [0.15, 0.2) is 0 Å². The molecule has 3 rings (SSSR count). The zero-order chi connectivity index (χ0) is 10.3. The Kier molecular flexibility index (Phi) is 2.25. The highest BCUT2D eigenvalue weighted by molar-refractivity contribution is 5.23. The molecule has 15 heavy (non-hydrogen) atoms. The van der Waals surface area contributed by atoms with Crippen LogP contribution in [-0.2, 0) is 12.8 Å². The Labute approximate surface area is 89.1 Å². The number of nitrogens with one attached hydrogen (secondary N) is 2. The molecule has 2 heterocycles. The lowest BCUT2D eigenvalue weighted by Gasteiger charge is -2.39. The van der Waals surface area contributed by atoms with E-state index in [-0.39, 0.29) is 0 Å². The van der Waals surface area contributed by atoms with Gasteiger partial charge >= 0.3 is 0 Å². The molecule has 1 aliphatic heterocycles. The Morgan fingerprint density at radius 2 is 2.40 bits per heavy atom. The number of aromatic nitrogens is 2. The normalized spacial score (nSPS) is 34.6. The number of H-pyrrole nitrogens is 1. The van der Waals surface area contributed by atoms with Gasteiger partial charge in [0, 0.05) is 24.9 Å². The van der Waals surface area contributed by atoms with E-state index < -0.39 is 0 Å². The molecule has 0 amide bonds. The second kappa shape index (κ2) is 3.61. The lowest BCUT2D eigenvalue weighted by Crippen LogP contribution is -2.49. The molecule has 3 atom stereocenters. The average Bonchev–Trinajstić information content (AvgIpc) is 2.72. The van der Waals surface area contributed by atoms with Crippen molar-refractivity contribution in [1.29, 1.82) is 0 Å². The van der Waals surface area contributed by atoms with Gasteiger partial charge in [0.2, 0.25) is 0 Å². The molecule has 0 aromatic carbocycles. The monoisotopic (exact) mass is 207 g/mol. The molecule has 1 saturated heterocycles. The minimum Gasteiger partial charge on any atom is -0.396 e. The van der Waals surface area contributed by atoms with Gasteiger partial charge in [0.1, 0.15) is 0 Å². The van der Waals surface area contributed by atoms with E-state index in [9.17, 15) is 5.11 Å². The van der Waals surface area contributed by atoms with Crippen LogP contribution in [0.15, 0.2) is 6.20 Å². The zero-order valence-electron chi connectivity index (χ0n) is 8.74. The highest BCUT2D eigenvalue weighted by Gasteiger charge is 2.34. The number of rotatable bonds is 1. The van der Waals surface area contributed by atoms with Crippen LogP contribution in [0, 0.1) is 11.8 Å². The van der Waals surface area contributed by atoms with Crippen LogP contribution in [0.4, 0.5) is 0 Å². The maximum Gasteiger partial charge on any atom is 0.0522 e. The summed E-state index contributed by atoms with van der Waals surface area (Å²) in [5.74, 6) is 1.11. The number of piperidine rings is 1. The first-order valence-electron chi connectivity index (χ1n) is 5.72. The molecule has 1 aromatic rings. The van der Waals surface area contributed by atoms with E-state index in [0.29, 0.717) is 24.5 Å². The topological polar surface area (TPSA) is 60.9 Å². The van der Waals surface area contributed by atoms with Crippen molar-refractivity contribution in [2.75, 3.05) is 13.2 Å². The van der Waals surface area contributed by atoms with Gasteiger partial charge in [0.25, 0.3) is 0 Å². The van der Waals surface area contributed by atoms with E-state index in [2.05, 4.69) is 15.5 Å². The fourth-order valence-electron chi connectivity index (χ4n) is 2.95. The molecule has 4 nitrogen and oxygen atoms in total. The van der Waals surface area contributed by atoms with E-state index in [1.54, 1.807) is 0 Å². The van der Waals surface area contributed by atoms with E-state index in [1.165, 1.54) is 11.3 Å². The first-order valence-corrected chi connectivity index (χ1v) is 5.72. The van der Waals surface area contributed by atoms with Crippen molar-refractivity contribution < 1.29 is 5.11 Å². The van der Waals surface area contributed by atoms with Gasteiger partial charge in [-0.3, -0.25) is 5.10 Å². The summed E-state index contributed by atoms with van der Waals surface area (Å²) >= 11 is 0. The molecule has 3 N–H and O–H groups in total. The smallest absolute Gasteiger partial charge is 0.0522 e. The average molecular weight is 207 g/mol. The number of hydrogen-bond acceptors (Lipinski definition) is 3. The Morgan fingerprint density at radius 1 is 1.47 bits per heavy atom. The number of aliphatic hydroxyl groups is 1. The number of fused-ring (bicyclic) bond motifs is 2. The second-order valence-electron chi connectivity index (χ2n) is 4.84. The molecule has 0 spiro atoms. The van der Waals surface area contributed by atoms with Crippen molar-refractivity contribution in [2.45, 2.75) is 25.3 Å². The number of aliphatic hydroxyl groups excluding tert-OH is 1. The largest absolute Gasteiger partial charge is 0.396 e. The van der Waals surface area contributed by atoms with Crippen LogP contribution >= 0.6 is 0 Å². The van der Waals surface area contributed by atoms with Gasteiger partial charge < -0.3 is 10.4 Å². The maximum absolute atomic E-state index is 9.18. The van der Waals surface area contributed by atoms with Gasteiger partial charge in [-0.2, -0.15) is 5.10 Å². The quantitative estimate of drug-likeness (QED) is 0.612. The van der Waals surface area contributed by atoms with Crippen LogP contribution in [0.3, 0.4) is 0 Å². The fraction of sp³-hybridized carbons (Fsp3) is 0.727. The van der Waals surface area contributed by atoms with Crippen LogP contribution in [0.25, 0.3) is 0 Å². The highest BCUT2D eigenvalue weighted by atomic mass is 16.3. The summed E-state index contributed by atoms with van der Waals surface area (Å²) in [7, 11) is 0. The first kappa shape index (κ1) is 9.36. The molecular formula is C11H17N3O. The Hall–Kier alpha value is -0.870. The number of aromatic amines is 1. The summed E-state index contributed by atoms with van der Waals surface area (Å²) in [6.07, 6.45) is 5.27. The SMILES string of the molecule is OC[C@H]1CNC2Cc3cn[nH]c3C[C@H]2C1. The second-order valence-corrected chi connectivity index (χ2v) is 4.84. The molecule has 1 aromatic heterocycles. The molecule has 82 valence electrons. The minimum atomic E-state index is 0.312. The van der Waals surface area contributed by atoms with E-state index >= 15 is 0 Å². The predicted octanol–water partition coefficient (Wildman–Crippen LogP) is 0.0949. The van der Waals surface area contributed by atoms with Crippen molar-refractivity contribution in [2.24, 2.45) is 11.8 Å². The lowest BCUT2D eigenvalue weighted by molar-refractivity contribution is 0.138. The molecule has 1 aliphatic carbocycles.